The molecule has 0 saturated heterocycles. The Morgan fingerprint density at radius 3 is 2.14 bits per heavy atom. The molecule has 0 aliphatic rings. The van der Waals surface area contributed by atoms with Gasteiger partial charge in [0.15, 0.2) is 17.4 Å². The molecule has 0 saturated carbocycles. The summed E-state index contributed by atoms with van der Waals surface area (Å²) in [4.78, 5) is 10.5. The lowest BCUT2D eigenvalue weighted by atomic mass is 10.0. The SMILES string of the molecule is CC(C)c1ccc(COc2c(F)cc(C=O)cc2F)cc1. The fraction of sp³-hybridized carbons (Fsp3) is 0.235. The maximum absolute atomic E-state index is 13.6. The molecular weight excluding hydrogens is 274 g/mol. The van der Waals surface area contributed by atoms with Gasteiger partial charge in [0, 0.05) is 5.56 Å². The van der Waals surface area contributed by atoms with Crippen LogP contribution in [0.25, 0.3) is 0 Å². The zero-order valence-electron chi connectivity index (χ0n) is 11.9. The smallest absolute Gasteiger partial charge is 0.191 e. The minimum Gasteiger partial charge on any atom is -0.483 e. The Bertz CT molecular complexity index is 611. The number of halogens is 2. The molecule has 0 aliphatic carbocycles. The number of aldehydes is 1. The molecule has 0 unspecified atom stereocenters. The van der Waals surface area contributed by atoms with Crippen molar-refractivity contribution in [1.29, 1.82) is 0 Å². The standard InChI is InChI=1S/C17H16F2O2/c1-11(2)14-5-3-12(4-6-14)10-21-17-15(18)7-13(9-20)8-16(17)19/h3-9,11H,10H2,1-2H3. The van der Waals surface area contributed by atoms with Crippen LogP contribution >= 0.6 is 0 Å². The zero-order chi connectivity index (χ0) is 15.4. The lowest BCUT2D eigenvalue weighted by Crippen LogP contribution is -2.01. The summed E-state index contributed by atoms with van der Waals surface area (Å²) in [6, 6.07) is 9.56. The lowest BCUT2D eigenvalue weighted by molar-refractivity contribution is 0.112. The quantitative estimate of drug-likeness (QED) is 0.759. The average Bonchev–Trinajstić information content (AvgIpc) is 2.46. The van der Waals surface area contributed by atoms with Crippen LogP contribution in [-0.2, 0) is 6.61 Å². The first kappa shape index (κ1) is 15.2. The van der Waals surface area contributed by atoms with Gasteiger partial charge >= 0.3 is 0 Å². The highest BCUT2D eigenvalue weighted by Crippen LogP contribution is 2.24. The summed E-state index contributed by atoms with van der Waals surface area (Å²) in [7, 11) is 0. The fourth-order valence-corrected chi connectivity index (χ4v) is 1.94. The summed E-state index contributed by atoms with van der Waals surface area (Å²) in [6.45, 7) is 4.24. The monoisotopic (exact) mass is 290 g/mol. The maximum Gasteiger partial charge on any atom is 0.191 e. The van der Waals surface area contributed by atoms with Crippen molar-refractivity contribution in [3.05, 3.63) is 64.7 Å². The van der Waals surface area contributed by atoms with E-state index in [0.29, 0.717) is 12.2 Å². The number of carbonyl (C=O) groups excluding carboxylic acids is 1. The zero-order valence-corrected chi connectivity index (χ0v) is 11.9. The summed E-state index contributed by atoms with van der Waals surface area (Å²) in [5.41, 5.74) is 1.95. The molecule has 4 heteroatoms. The molecule has 0 bridgehead atoms. The third-order valence-corrected chi connectivity index (χ3v) is 3.19. The molecule has 21 heavy (non-hydrogen) atoms. The molecule has 0 amide bonds. The molecule has 2 rings (SSSR count). The number of carbonyl (C=O) groups is 1. The van der Waals surface area contributed by atoms with Crippen molar-refractivity contribution in [3.63, 3.8) is 0 Å². The first-order chi connectivity index (χ1) is 10.0. The van der Waals surface area contributed by atoms with E-state index in [0.717, 1.165) is 17.7 Å². The van der Waals surface area contributed by atoms with E-state index >= 15 is 0 Å². The lowest BCUT2D eigenvalue weighted by Gasteiger charge is -2.10. The molecule has 2 nitrogen and oxygen atoms in total. The van der Waals surface area contributed by atoms with Gasteiger partial charge in [-0.15, -0.1) is 0 Å². The second kappa shape index (κ2) is 6.48. The van der Waals surface area contributed by atoms with Crippen LogP contribution < -0.4 is 4.74 Å². The van der Waals surface area contributed by atoms with Gasteiger partial charge in [0.25, 0.3) is 0 Å². The number of hydrogen-bond acceptors (Lipinski definition) is 2. The van der Waals surface area contributed by atoms with Gasteiger partial charge in [0.05, 0.1) is 0 Å². The van der Waals surface area contributed by atoms with Gasteiger partial charge in [0.1, 0.15) is 12.9 Å². The van der Waals surface area contributed by atoms with Crippen LogP contribution in [0.3, 0.4) is 0 Å². The molecule has 0 N–H and O–H groups in total. The van der Waals surface area contributed by atoms with E-state index in [1.165, 1.54) is 5.56 Å². The third kappa shape index (κ3) is 3.66. The minimum absolute atomic E-state index is 0.0568. The van der Waals surface area contributed by atoms with Gasteiger partial charge in [-0.1, -0.05) is 38.1 Å². The van der Waals surface area contributed by atoms with E-state index < -0.39 is 17.4 Å². The molecule has 110 valence electrons. The van der Waals surface area contributed by atoms with Crippen molar-refractivity contribution in [3.8, 4) is 5.75 Å². The molecule has 0 spiro atoms. The summed E-state index contributed by atoms with van der Waals surface area (Å²) in [6.07, 6.45) is 0.389. The normalized spacial score (nSPS) is 10.7. The molecule has 0 radical (unpaired) electrons. The van der Waals surface area contributed by atoms with Crippen molar-refractivity contribution in [1.82, 2.24) is 0 Å². The highest BCUT2D eigenvalue weighted by Gasteiger charge is 2.12. The van der Waals surface area contributed by atoms with Gasteiger partial charge in [-0.2, -0.15) is 0 Å². The van der Waals surface area contributed by atoms with Crippen LogP contribution in [0.15, 0.2) is 36.4 Å². The van der Waals surface area contributed by atoms with Gasteiger partial charge in [-0.3, -0.25) is 4.79 Å². The van der Waals surface area contributed by atoms with E-state index in [1.54, 1.807) is 0 Å². The Labute approximate surface area is 122 Å². The Kier molecular flexibility index (Phi) is 4.68. The topological polar surface area (TPSA) is 26.3 Å². The van der Waals surface area contributed by atoms with Crippen molar-refractivity contribution in [2.45, 2.75) is 26.4 Å². The predicted molar refractivity (Wildman–Crippen MR) is 76.6 cm³/mol. The van der Waals surface area contributed by atoms with Crippen LogP contribution in [-0.4, -0.2) is 6.29 Å². The average molecular weight is 290 g/mol. The van der Waals surface area contributed by atoms with Crippen LogP contribution in [0.5, 0.6) is 5.75 Å². The third-order valence-electron chi connectivity index (χ3n) is 3.19. The van der Waals surface area contributed by atoms with Crippen LogP contribution in [0.2, 0.25) is 0 Å². The van der Waals surface area contributed by atoms with E-state index in [-0.39, 0.29) is 12.2 Å². The van der Waals surface area contributed by atoms with Gasteiger partial charge < -0.3 is 4.74 Å². The van der Waals surface area contributed by atoms with Crippen molar-refractivity contribution in [2.24, 2.45) is 0 Å². The van der Waals surface area contributed by atoms with Gasteiger partial charge in [0.2, 0.25) is 0 Å². The van der Waals surface area contributed by atoms with Crippen molar-refractivity contribution < 1.29 is 18.3 Å². The van der Waals surface area contributed by atoms with E-state index in [2.05, 4.69) is 13.8 Å². The largest absolute Gasteiger partial charge is 0.483 e. The molecular formula is C17H16F2O2. The molecule has 0 fully saturated rings. The summed E-state index contributed by atoms with van der Waals surface area (Å²) in [5, 5.41) is 0. The number of rotatable bonds is 5. The summed E-state index contributed by atoms with van der Waals surface area (Å²) >= 11 is 0. The molecule has 0 atom stereocenters. The second-order valence-corrected chi connectivity index (χ2v) is 5.12. The van der Waals surface area contributed by atoms with Crippen molar-refractivity contribution in [2.75, 3.05) is 0 Å². The first-order valence-corrected chi connectivity index (χ1v) is 6.67. The van der Waals surface area contributed by atoms with E-state index in [9.17, 15) is 13.6 Å². The molecule has 2 aromatic carbocycles. The fourth-order valence-electron chi connectivity index (χ4n) is 1.94. The maximum atomic E-state index is 13.6. The van der Waals surface area contributed by atoms with Crippen molar-refractivity contribution >= 4 is 6.29 Å². The summed E-state index contributed by atoms with van der Waals surface area (Å²) < 4.78 is 32.5. The number of hydrogen-bond donors (Lipinski definition) is 0. The number of benzene rings is 2. The first-order valence-electron chi connectivity index (χ1n) is 6.67. The summed E-state index contributed by atoms with van der Waals surface area (Å²) in [5.74, 6) is -1.80. The van der Waals surface area contributed by atoms with Crippen LogP contribution in [0.1, 0.15) is 41.3 Å². The number of ether oxygens (including phenoxy) is 1. The van der Waals surface area contributed by atoms with Crippen LogP contribution in [0, 0.1) is 11.6 Å². The highest BCUT2D eigenvalue weighted by molar-refractivity contribution is 5.75. The molecule has 0 aromatic heterocycles. The second-order valence-electron chi connectivity index (χ2n) is 5.12. The van der Waals surface area contributed by atoms with Gasteiger partial charge in [-0.05, 0) is 29.2 Å². The Morgan fingerprint density at radius 1 is 1.10 bits per heavy atom. The Balaban J connectivity index is 2.11. The Morgan fingerprint density at radius 2 is 1.67 bits per heavy atom. The van der Waals surface area contributed by atoms with E-state index in [1.807, 2.05) is 24.3 Å². The Hall–Kier alpha value is -2.23. The minimum atomic E-state index is -0.879. The molecule has 2 aromatic rings. The highest BCUT2D eigenvalue weighted by atomic mass is 19.1. The predicted octanol–water partition coefficient (Wildman–Crippen LogP) is 4.48. The van der Waals surface area contributed by atoms with E-state index in [4.69, 9.17) is 4.74 Å². The van der Waals surface area contributed by atoms with Crippen LogP contribution in [0.4, 0.5) is 8.78 Å². The van der Waals surface area contributed by atoms with Gasteiger partial charge in [-0.25, -0.2) is 8.78 Å². The molecule has 0 aliphatic heterocycles. The molecule has 0 heterocycles.